The second-order valence-electron chi connectivity index (χ2n) is 5.51. The Balaban J connectivity index is 1.82. The first-order valence-corrected chi connectivity index (χ1v) is 8.18. The van der Waals surface area contributed by atoms with E-state index in [0.29, 0.717) is 0 Å². The minimum Gasteiger partial charge on any atom is -0.264 e. The van der Waals surface area contributed by atoms with Gasteiger partial charge in [-0.05, 0) is 55.2 Å². The molecule has 0 spiro atoms. The first kappa shape index (κ1) is 13.3. The molecule has 1 saturated carbocycles. The van der Waals surface area contributed by atoms with Crippen LogP contribution in [0.25, 0.3) is 10.8 Å². The molecule has 0 aliphatic heterocycles. The number of hydrogen-bond acceptors (Lipinski definition) is 2. The SMILES string of the molecule is C[C@H]1CC[C@@H](Sc2cc3ccncc3cc2Cl)CC1. The van der Waals surface area contributed by atoms with Crippen molar-refractivity contribution < 1.29 is 0 Å². The van der Waals surface area contributed by atoms with Crippen molar-refractivity contribution in [2.75, 3.05) is 0 Å². The van der Waals surface area contributed by atoms with Gasteiger partial charge in [0.1, 0.15) is 0 Å². The zero-order chi connectivity index (χ0) is 13.2. The van der Waals surface area contributed by atoms with Gasteiger partial charge in [-0.15, -0.1) is 11.8 Å². The number of nitrogens with zero attached hydrogens (tertiary/aromatic N) is 1. The van der Waals surface area contributed by atoms with Crippen molar-refractivity contribution in [1.82, 2.24) is 4.98 Å². The van der Waals surface area contributed by atoms with Crippen molar-refractivity contribution in [2.45, 2.75) is 42.8 Å². The number of pyridine rings is 1. The highest BCUT2D eigenvalue weighted by atomic mass is 35.5. The Labute approximate surface area is 123 Å². The van der Waals surface area contributed by atoms with Gasteiger partial charge < -0.3 is 0 Å². The minimum absolute atomic E-state index is 0.730. The summed E-state index contributed by atoms with van der Waals surface area (Å²) >= 11 is 8.36. The number of fused-ring (bicyclic) bond motifs is 1. The maximum Gasteiger partial charge on any atom is 0.0548 e. The Bertz CT molecular complexity index is 576. The summed E-state index contributed by atoms with van der Waals surface area (Å²) in [6, 6.07) is 6.30. The lowest BCUT2D eigenvalue weighted by atomic mass is 9.91. The summed E-state index contributed by atoms with van der Waals surface area (Å²) in [5.74, 6) is 0.898. The molecule has 3 heteroatoms. The molecule has 1 aliphatic rings. The molecule has 1 heterocycles. The third-order valence-corrected chi connectivity index (χ3v) is 5.77. The molecular weight excluding hydrogens is 274 g/mol. The predicted molar refractivity (Wildman–Crippen MR) is 84.0 cm³/mol. The van der Waals surface area contributed by atoms with Crippen molar-refractivity contribution in [3.63, 3.8) is 0 Å². The smallest absolute Gasteiger partial charge is 0.0548 e. The van der Waals surface area contributed by atoms with E-state index in [0.717, 1.165) is 21.6 Å². The lowest BCUT2D eigenvalue weighted by molar-refractivity contribution is 0.393. The standard InChI is InChI=1S/C16H18ClNS/c1-11-2-4-14(5-3-11)19-16-9-12-6-7-18-10-13(12)8-15(16)17/h6-11,14H,2-5H2,1H3/t11-,14+. The average molecular weight is 292 g/mol. The van der Waals surface area contributed by atoms with Crippen molar-refractivity contribution in [3.8, 4) is 0 Å². The molecule has 0 radical (unpaired) electrons. The molecular formula is C16H18ClNS. The van der Waals surface area contributed by atoms with E-state index in [1.165, 1.54) is 36.0 Å². The van der Waals surface area contributed by atoms with E-state index < -0.39 is 0 Å². The second kappa shape index (κ2) is 5.72. The van der Waals surface area contributed by atoms with E-state index in [2.05, 4.69) is 24.0 Å². The molecule has 2 aromatic rings. The normalized spacial score (nSPS) is 23.7. The van der Waals surface area contributed by atoms with E-state index in [9.17, 15) is 0 Å². The molecule has 1 fully saturated rings. The van der Waals surface area contributed by atoms with E-state index in [1.807, 2.05) is 30.2 Å². The number of halogens is 1. The lowest BCUT2D eigenvalue weighted by Gasteiger charge is -2.26. The molecule has 19 heavy (non-hydrogen) atoms. The Morgan fingerprint density at radius 3 is 2.74 bits per heavy atom. The van der Waals surface area contributed by atoms with Crippen molar-refractivity contribution >= 4 is 34.1 Å². The summed E-state index contributed by atoms with van der Waals surface area (Å²) in [6.07, 6.45) is 9.05. The number of aromatic nitrogens is 1. The summed E-state index contributed by atoms with van der Waals surface area (Å²) in [4.78, 5) is 5.36. The van der Waals surface area contributed by atoms with Crippen LogP contribution in [-0.2, 0) is 0 Å². The fraction of sp³-hybridized carbons (Fsp3) is 0.438. The van der Waals surface area contributed by atoms with Gasteiger partial charge in [0.15, 0.2) is 0 Å². The van der Waals surface area contributed by atoms with E-state index >= 15 is 0 Å². The molecule has 3 rings (SSSR count). The van der Waals surface area contributed by atoms with Crippen LogP contribution >= 0.6 is 23.4 Å². The Kier molecular flexibility index (Phi) is 3.99. The lowest BCUT2D eigenvalue weighted by Crippen LogP contribution is -2.13. The molecule has 1 aliphatic carbocycles. The van der Waals surface area contributed by atoms with Gasteiger partial charge in [-0.25, -0.2) is 0 Å². The van der Waals surface area contributed by atoms with E-state index in [-0.39, 0.29) is 0 Å². The molecule has 0 unspecified atom stereocenters. The average Bonchev–Trinajstić information content (AvgIpc) is 2.42. The van der Waals surface area contributed by atoms with Gasteiger partial charge in [-0.2, -0.15) is 0 Å². The van der Waals surface area contributed by atoms with Crippen LogP contribution < -0.4 is 0 Å². The number of hydrogen-bond donors (Lipinski definition) is 0. The largest absolute Gasteiger partial charge is 0.264 e. The van der Waals surface area contributed by atoms with Gasteiger partial charge in [0.25, 0.3) is 0 Å². The molecule has 0 amide bonds. The van der Waals surface area contributed by atoms with Crippen LogP contribution in [0.5, 0.6) is 0 Å². The van der Waals surface area contributed by atoms with Crippen LogP contribution in [0.3, 0.4) is 0 Å². The summed E-state index contributed by atoms with van der Waals surface area (Å²) in [6.45, 7) is 2.36. The third kappa shape index (κ3) is 3.06. The maximum atomic E-state index is 6.40. The zero-order valence-electron chi connectivity index (χ0n) is 11.1. The molecule has 100 valence electrons. The predicted octanol–water partition coefficient (Wildman–Crippen LogP) is 5.56. The molecule has 0 N–H and O–H groups in total. The van der Waals surface area contributed by atoms with Crippen molar-refractivity contribution in [3.05, 3.63) is 35.6 Å². The van der Waals surface area contributed by atoms with Crippen LogP contribution in [0.1, 0.15) is 32.6 Å². The Morgan fingerprint density at radius 1 is 1.16 bits per heavy atom. The van der Waals surface area contributed by atoms with Crippen LogP contribution in [0.4, 0.5) is 0 Å². The monoisotopic (exact) mass is 291 g/mol. The van der Waals surface area contributed by atoms with Crippen LogP contribution in [0.2, 0.25) is 5.02 Å². The van der Waals surface area contributed by atoms with Gasteiger partial charge in [-0.3, -0.25) is 4.98 Å². The number of thioether (sulfide) groups is 1. The molecule has 1 aromatic heterocycles. The third-order valence-electron chi connectivity index (χ3n) is 3.95. The second-order valence-corrected chi connectivity index (χ2v) is 7.25. The first-order valence-electron chi connectivity index (χ1n) is 6.92. The first-order chi connectivity index (χ1) is 9.22. The van der Waals surface area contributed by atoms with E-state index in [1.54, 1.807) is 0 Å². The van der Waals surface area contributed by atoms with Crippen molar-refractivity contribution in [2.24, 2.45) is 5.92 Å². The van der Waals surface area contributed by atoms with Gasteiger partial charge in [0.2, 0.25) is 0 Å². The minimum atomic E-state index is 0.730. The summed E-state index contributed by atoms with van der Waals surface area (Å²) < 4.78 is 0. The molecule has 1 aromatic carbocycles. The quantitative estimate of drug-likeness (QED) is 0.718. The summed E-state index contributed by atoms with van der Waals surface area (Å²) in [5, 5.41) is 3.94. The van der Waals surface area contributed by atoms with Gasteiger partial charge in [0.05, 0.1) is 5.02 Å². The van der Waals surface area contributed by atoms with Crippen LogP contribution in [-0.4, -0.2) is 10.2 Å². The fourth-order valence-corrected chi connectivity index (χ4v) is 4.24. The van der Waals surface area contributed by atoms with Crippen LogP contribution in [0, 0.1) is 5.92 Å². The van der Waals surface area contributed by atoms with Crippen LogP contribution in [0.15, 0.2) is 35.5 Å². The van der Waals surface area contributed by atoms with E-state index in [4.69, 9.17) is 11.6 Å². The maximum absolute atomic E-state index is 6.40. The van der Waals surface area contributed by atoms with Crippen molar-refractivity contribution in [1.29, 1.82) is 0 Å². The number of benzene rings is 1. The molecule has 0 saturated heterocycles. The highest BCUT2D eigenvalue weighted by Crippen LogP contribution is 2.39. The Hall–Kier alpha value is -0.730. The summed E-state index contributed by atoms with van der Waals surface area (Å²) in [5.41, 5.74) is 0. The zero-order valence-corrected chi connectivity index (χ0v) is 12.7. The molecule has 0 atom stereocenters. The molecule has 1 nitrogen and oxygen atoms in total. The Morgan fingerprint density at radius 2 is 1.95 bits per heavy atom. The topological polar surface area (TPSA) is 12.9 Å². The molecule has 0 bridgehead atoms. The summed E-state index contributed by atoms with van der Waals surface area (Å²) in [7, 11) is 0. The highest BCUT2D eigenvalue weighted by Gasteiger charge is 2.20. The van der Waals surface area contributed by atoms with Gasteiger partial charge >= 0.3 is 0 Å². The highest BCUT2D eigenvalue weighted by molar-refractivity contribution is 8.00. The van der Waals surface area contributed by atoms with Gasteiger partial charge in [0, 0.05) is 27.9 Å². The van der Waals surface area contributed by atoms with Gasteiger partial charge in [-0.1, -0.05) is 18.5 Å². The fourth-order valence-electron chi connectivity index (χ4n) is 2.70. The number of rotatable bonds is 2.